The summed E-state index contributed by atoms with van der Waals surface area (Å²) in [6.45, 7) is 3.40. The van der Waals surface area contributed by atoms with Gasteiger partial charge in [-0.05, 0) is 13.0 Å². The topological polar surface area (TPSA) is 15.3 Å². The quantitative estimate of drug-likeness (QED) is 0.470. The maximum absolute atomic E-state index is 12.2. The van der Waals surface area contributed by atoms with Gasteiger partial charge in [-0.25, -0.2) is 0 Å². The highest BCUT2D eigenvalue weighted by Gasteiger charge is 2.45. The van der Waals surface area contributed by atoms with Crippen molar-refractivity contribution in [3.63, 3.8) is 0 Å². The lowest BCUT2D eigenvalue weighted by Crippen LogP contribution is -2.53. The molecule has 0 unspecified atom stereocenters. The van der Waals surface area contributed by atoms with Gasteiger partial charge in [0.1, 0.15) is 0 Å². The van der Waals surface area contributed by atoms with Gasteiger partial charge in [-0.2, -0.15) is 0 Å². The van der Waals surface area contributed by atoms with Gasteiger partial charge in [0.05, 0.1) is 0 Å². The van der Waals surface area contributed by atoms with E-state index in [9.17, 15) is 4.48 Å². The minimum absolute atomic E-state index is 0.328. The normalized spacial score (nSPS) is 33.0. The van der Waals surface area contributed by atoms with E-state index in [4.69, 9.17) is 0 Å². The van der Waals surface area contributed by atoms with Crippen molar-refractivity contribution in [3.8, 4) is 0 Å². The van der Waals surface area contributed by atoms with Crippen LogP contribution in [0.4, 0.5) is 4.48 Å². The number of rotatable bonds is 0. The Hall–Kier alpha value is -0.150. The minimum atomic E-state index is 0.328. The largest absolute Gasteiger partial charge is 0.316 e. The first-order valence-corrected chi connectivity index (χ1v) is 3.42. The fraction of sp³-hybridized carbons (Fsp3) is 1.00. The molecule has 2 fully saturated rings. The summed E-state index contributed by atoms with van der Waals surface area (Å²) in [6, 6.07) is 0. The summed E-state index contributed by atoms with van der Waals surface area (Å²) in [5.74, 6) is 0. The molecule has 0 amide bonds. The highest BCUT2D eigenvalue weighted by molar-refractivity contribution is 4.97. The molecule has 2 rings (SSSR count). The standard InChI is InChI=1S/C6H11FN2/c7-9-4-6(5-9)1-2-8-3-6/h8H,1-5H2. The van der Waals surface area contributed by atoms with Crippen molar-refractivity contribution < 1.29 is 4.48 Å². The van der Waals surface area contributed by atoms with Crippen LogP contribution in [0.3, 0.4) is 0 Å². The molecule has 2 nitrogen and oxygen atoms in total. The molecule has 0 radical (unpaired) electrons. The number of nitrogens with one attached hydrogen (secondary N) is 1. The molecule has 0 bridgehead atoms. The Labute approximate surface area is 54.0 Å². The molecule has 3 heteroatoms. The first-order chi connectivity index (χ1) is 4.31. The van der Waals surface area contributed by atoms with E-state index in [0.29, 0.717) is 18.5 Å². The van der Waals surface area contributed by atoms with E-state index in [0.717, 1.165) is 24.6 Å². The molecule has 0 atom stereocenters. The molecular formula is C6H11FN2. The molecule has 9 heavy (non-hydrogen) atoms. The smallest absolute Gasteiger partial charge is 0.0373 e. The lowest BCUT2D eigenvalue weighted by Gasteiger charge is -2.41. The molecule has 2 saturated heterocycles. The number of halogens is 1. The number of nitrogens with zero attached hydrogens (tertiary/aromatic N) is 1. The summed E-state index contributed by atoms with van der Waals surface area (Å²) in [6.07, 6.45) is 1.16. The van der Waals surface area contributed by atoms with E-state index in [2.05, 4.69) is 5.32 Å². The monoisotopic (exact) mass is 130 g/mol. The molecule has 0 aromatic carbocycles. The summed E-state index contributed by atoms with van der Waals surface area (Å²) in [7, 11) is 0. The van der Waals surface area contributed by atoms with E-state index in [1.54, 1.807) is 0 Å². The fourth-order valence-corrected chi connectivity index (χ4v) is 1.75. The summed E-state index contributed by atoms with van der Waals surface area (Å²) >= 11 is 0. The zero-order valence-electron chi connectivity index (χ0n) is 5.36. The highest BCUT2D eigenvalue weighted by atomic mass is 19.2. The lowest BCUT2D eigenvalue weighted by atomic mass is 9.81. The Bertz CT molecular complexity index is 112. The first kappa shape index (κ1) is 5.62. The van der Waals surface area contributed by atoms with Crippen LogP contribution in [-0.2, 0) is 0 Å². The van der Waals surface area contributed by atoms with Gasteiger partial charge < -0.3 is 5.32 Å². The average molecular weight is 130 g/mol. The van der Waals surface area contributed by atoms with Crippen LogP contribution in [0.25, 0.3) is 0 Å². The maximum atomic E-state index is 12.2. The van der Waals surface area contributed by atoms with E-state index in [-0.39, 0.29) is 0 Å². The van der Waals surface area contributed by atoms with Crippen LogP contribution in [0.15, 0.2) is 0 Å². The van der Waals surface area contributed by atoms with Gasteiger partial charge in [0, 0.05) is 25.0 Å². The zero-order chi connectivity index (χ0) is 6.32. The van der Waals surface area contributed by atoms with Crippen molar-refractivity contribution in [3.05, 3.63) is 0 Å². The maximum Gasteiger partial charge on any atom is 0.0373 e. The minimum Gasteiger partial charge on any atom is -0.316 e. The lowest BCUT2D eigenvalue weighted by molar-refractivity contribution is -0.124. The van der Waals surface area contributed by atoms with Crippen molar-refractivity contribution in [2.24, 2.45) is 5.41 Å². The van der Waals surface area contributed by atoms with Crippen LogP contribution in [0, 0.1) is 5.41 Å². The zero-order valence-corrected chi connectivity index (χ0v) is 5.36. The molecule has 0 aromatic heterocycles. The van der Waals surface area contributed by atoms with Gasteiger partial charge in [-0.3, -0.25) is 0 Å². The summed E-state index contributed by atoms with van der Waals surface area (Å²) in [5, 5.41) is 4.14. The molecule has 1 N–H and O–H groups in total. The Morgan fingerprint density at radius 1 is 1.44 bits per heavy atom. The van der Waals surface area contributed by atoms with Crippen molar-refractivity contribution in [2.45, 2.75) is 6.42 Å². The summed E-state index contributed by atoms with van der Waals surface area (Å²) < 4.78 is 12.2. The second-order valence-corrected chi connectivity index (χ2v) is 3.21. The molecule has 0 aromatic rings. The van der Waals surface area contributed by atoms with Crippen molar-refractivity contribution in [1.29, 1.82) is 0 Å². The molecule has 2 aliphatic heterocycles. The van der Waals surface area contributed by atoms with Crippen LogP contribution >= 0.6 is 0 Å². The van der Waals surface area contributed by atoms with Gasteiger partial charge in [0.25, 0.3) is 0 Å². The van der Waals surface area contributed by atoms with E-state index in [1.807, 2.05) is 0 Å². The van der Waals surface area contributed by atoms with Gasteiger partial charge in [-0.15, -0.1) is 9.60 Å². The van der Waals surface area contributed by atoms with Crippen LogP contribution in [0.2, 0.25) is 0 Å². The molecule has 2 heterocycles. The third-order valence-corrected chi connectivity index (χ3v) is 2.35. The highest BCUT2D eigenvalue weighted by Crippen LogP contribution is 2.35. The average Bonchev–Trinajstić information content (AvgIpc) is 2.12. The summed E-state index contributed by atoms with van der Waals surface area (Å²) in [5.41, 5.74) is 0.328. The predicted molar refractivity (Wildman–Crippen MR) is 32.6 cm³/mol. The molecule has 2 aliphatic rings. The van der Waals surface area contributed by atoms with E-state index >= 15 is 0 Å². The van der Waals surface area contributed by atoms with Gasteiger partial charge >= 0.3 is 0 Å². The molecule has 0 aliphatic carbocycles. The van der Waals surface area contributed by atoms with E-state index in [1.165, 1.54) is 0 Å². The number of hydrogen-bond donors (Lipinski definition) is 1. The third kappa shape index (κ3) is 0.756. The van der Waals surface area contributed by atoms with Crippen molar-refractivity contribution >= 4 is 0 Å². The van der Waals surface area contributed by atoms with Crippen molar-refractivity contribution in [1.82, 2.24) is 10.4 Å². The molecular weight excluding hydrogens is 119 g/mol. The van der Waals surface area contributed by atoms with Gasteiger partial charge in [-0.1, -0.05) is 0 Å². The van der Waals surface area contributed by atoms with Gasteiger partial charge in [0.15, 0.2) is 0 Å². The number of hydrogen-bond acceptors (Lipinski definition) is 2. The SMILES string of the molecule is FN1CC2(CCNC2)C1. The second-order valence-electron chi connectivity index (χ2n) is 3.21. The Balaban J connectivity index is 1.95. The predicted octanol–water partition coefficient (Wildman–Crippen LogP) is 0.166. The molecule has 52 valence electrons. The molecule has 0 saturated carbocycles. The van der Waals surface area contributed by atoms with Crippen LogP contribution in [0.1, 0.15) is 6.42 Å². The second kappa shape index (κ2) is 1.67. The van der Waals surface area contributed by atoms with Crippen molar-refractivity contribution in [2.75, 3.05) is 26.2 Å². The Kier molecular flexibility index (Phi) is 1.04. The first-order valence-electron chi connectivity index (χ1n) is 3.42. The van der Waals surface area contributed by atoms with Crippen LogP contribution in [0.5, 0.6) is 0 Å². The third-order valence-electron chi connectivity index (χ3n) is 2.35. The molecule has 1 spiro atoms. The Morgan fingerprint density at radius 3 is 2.67 bits per heavy atom. The Morgan fingerprint density at radius 2 is 2.22 bits per heavy atom. The summed E-state index contributed by atoms with van der Waals surface area (Å²) in [4.78, 5) is 0. The fourth-order valence-electron chi connectivity index (χ4n) is 1.75. The van der Waals surface area contributed by atoms with Crippen LogP contribution < -0.4 is 5.32 Å². The van der Waals surface area contributed by atoms with Gasteiger partial charge in [0.2, 0.25) is 0 Å². The van der Waals surface area contributed by atoms with E-state index < -0.39 is 0 Å². The van der Waals surface area contributed by atoms with Crippen LogP contribution in [-0.4, -0.2) is 31.3 Å².